The number of fused-ring (bicyclic) bond motifs is 5. The van der Waals surface area contributed by atoms with Gasteiger partial charge in [0.05, 0.1) is 5.69 Å². The average Bonchev–Trinajstić information content (AvgIpc) is 3.50. The van der Waals surface area contributed by atoms with Gasteiger partial charge in [0.25, 0.3) is 0 Å². The van der Waals surface area contributed by atoms with Gasteiger partial charge in [-0.3, -0.25) is 0 Å². The second-order valence-corrected chi connectivity index (χ2v) is 10.3. The van der Waals surface area contributed by atoms with Crippen LogP contribution in [-0.4, -0.2) is 11.7 Å². The molecule has 196 valence electrons. The number of hydrogen-bond donors (Lipinski definition) is 2. The molecule has 41 heavy (non-hydrogen) atoms. The molecular formula is C36H26N4O. The Morgan fingerprint density at radius 1 is 0.585 bits per heavy atom. The highest BCUT2D eigenvalue weighted by molar-refractivity contribution is 6.18. The largest absolute Gasteiger partial charge is 0.464 e. The number of rotatable bonds is 4. The van der Waals surface area contributed by atoms with Gasteiger partial charge in [-0.05, 0) is 33.9 Å². The van der Waals surface area contributed by atoms with E-state index in [-0.39, 0.29) is 12.4 Å². The van der Waals surface area contributed by atoms with E-state index < -0.39 is 0 Å². The first kappa shape index (κ1) is 23.5. The summed E-state index contributed by atoms with van der Waals surface area (Å²) in [4.78, 5) is 10.0. The number of nitrogens with one attached hydrogen (secondary N) is 2. The minimum atomic E-state index is -0.231. The van der Waals surface area contributed by atoms with Gasteiger partial charge in [0.15, 0.2) is 12.1 Å². The molecule has 0 aliphatic carbocycles. The predicted molar refractivity (Wildman–Crippen MR) is 167 cm³/mol. The Morgan fingerprint density at radius 3 is 2.05 bits per heavy atom. The summed E-state index contributed by atoms with van der Waals surface area (Å²) >= 11 is 0. The van der Waals surface area contributed by atoms with E-state index in [9.17, 15) is 0 Å². The molecule has 0 spiro atoms. The summed E-state index contributed by atoms with van der Waals surface area (Å²) in [6.07, 6.45) is -0.443. The summed E-state index contributed by atoms with van der Waals surface area (Å²) < 4.78 is 6.32. The Bertz CT molecular complexity index is 1970. The van der Waals surface area contributed by atoms with Crippen LogP contribution in [0.4, 0.5) is 5.69 Å². The molecule has 0 saturated heterocycles. The van der Waals surface area contributed by atoms with Gasteiger partial charge in [-0.1, -0.05) is 121 Å². The fraction of sp³-hybridized carbons (Fsp3) is 0.0556. The van der Waals surface area contributed by atoms with E-state index in [1.54, 1.807) is 0 Å². The van der Waals surface area contributed by atoms with Crippen molar-refractivity contribution in [2.24, 2.45) is 9.98 Å². The summed E-state index contributed by atoms with van der Waals surface area (Å²) in [7, 11) is 0. The number of benzene rings is 6. The van der Waals surface area contributed by atoms with Gasteiger partial charge in [0.1, 0.15) is 17.8 Å². The molecule has 5 heteroatoms. The minimum Gasteiger partial charge on any atom is -0.464 e. The number of anilines is 1. The third-order valence-electron chi connectivity index (χ3n) is 7.75. The molecule has 2 aliphatic rings. The highest BCUT2D eigenvalue weighted by atomic mass is 16.5. The highest BCUT2D eigenvalue weighted by Gasteiger charge is 2.26. The van der Waals surface area contributed by atoms with Gasteiger partial charge in [-0.2, -0.15) is 0 Å². The van der Waals surface area contributed by atoms with Gasteiger partial charge in [0, 0.05) is 22.1 Å². The van der Waals surface area contributed by atoms with Gasteiger partial charge in [-0.15, -0.1) is 0 Å². The Morgan fingerprint density at radius 2 is 1.27 bits per heavy atom. The molecule has 0 fully saturated rings. The number of amidine groups is 2. The standard InChI is InChI=1S/C36H26N4O/c1-4-10-24(11-5-1)33-38-34(25-12-6-2-7-13-25)40-35(39-33)28-18-20-29-27(22-28)17-16-23-19-21-30-32(31(23)29)37-36(41-30)26-14-8-3-9-15-26/h1-22,33,36-37H,(H,38,39,40). The summed E-state index contributed by atoms with van der Waals surface area (Å²) in [6, 6.07) is 45.8. The molecule has 5 nitrogen and oxygen atoms in total. The first-order valence-electron chi connectivity index (χ1n) is 13.8. The van der Waals surface area contributed by atoms with Crippen molar-refractivity contribution < 1.29 is 4.74 Å². The zero-order chi connectivity index (χ0) is 27.2. The molecule has 2 atom stereocenters. The highest BCUT2D eigenvalue weighted by Crippen LogP contribution is 2.45. The van der Waals surface area contributed by atoms with E-state index in [0.717, 1.165) is 55.7 Å². The van der Waals surface area contributed by atoms with E-state index in [0.29, 0.717) is 5.84 Å². The molecule has 0 amide bonds. The Labute approximate surface area is 237 Å². The van der Waals surface area contributed by atoms with Crippen LogP contribution in [0, 0.1) is 0 Å². The van der Waals surface area contributed by atoms with E-state index in [4.69, 9.17) is 14.7 Å². The molecule has 6 aromatic carbocycles. The van der Waals surface area contributed by atoms with E-state index in [1.807, 2.05) is 54.6 Å². The van der Waals surface area contributed by atoms with E-state index in [1.165, 1.54) is 5.39 Å². The van der Waals surface area contributed by atoms with Crippen molar-refractivity contribution in [3.8, 4) is 5.75 Å². The zero-order valence-corrected chi connectivity index (χ0v) is 22.2. The van der Waals surface area contributed by atoms with Crippen molar-refractivity contribution in [2.75, 3.05) is 5.32 Å². The van der Waals surface area contributed by atoms with Crippen molar-refractivity contribution in [1.82, 2.24) is 5.32 Å². The molecule has 8 rings (SSSR count). The lowest BCUT2D eigenvalue weighted by atomic mass is 9.98. The number of nitrogens with zero attached hydrogens (tertiary/aromatic N) is 2. The van der Waals surface area contributed by atoms with Crippen LogP contribution >= 0.6 is 0 Å². The van der Waals surface area contributed by atoms with E-state index >= 15 is 0 Å². The molecule has 0 bridgehead atoms. The topological polar surface area (TPSA) is 58.0 Å². The third-order valence-corrected chi connectivity index (χ3v) is 7.75. The first-order valence-corrected chi connectivity index (χ1v) is 13.8. The smallest absolute Gasteiger partial charge is 0.196 e. The van der Waals surface area contributed by atoms with Gasteiger partial charge >= 0.3 is 0 Å². The number of aliphatic imine (C=N–C) groups is 2. The Balaban J connectivity index is 1.23. The molecule has 0 radical (unpaired) electrons. The van der Waals surface area contributed by atoms with Crippen LogP contribution in [0.15, 0.2) is 143 Å². The summed E-state index contributed by atoms with van der Waals surface area (Å²) in [5, 5.41) is 11.8. The Kier molecular flexibility index (Phi) is 5.52. The second-order valence-electron chi connectivity index (χ2n) is 10.3. The molecule has 0 aromatic heterocycles. The lowest BCUT2D eigenvalue weighted by Gasteiger charge is -2.23. The third kappa shape index (κ3) is 4.19. The van der Waals surface area contributed by atoms with Gasteiger partial charge in [0.2, 0.25) is 0 Å². The van der Waals surface area contributed by atoms with Crippen molar-refractivity contribution in [3.63, 3.8) is 0 Å². The molecule has 6 aromatic rings. The summed E-state index contributed by atoms with van der Waals surface area (Å²) in [5.74, 6) is 2.39. The van der Waals surface area contributed by atoms with Crippen LogP contribution in [0.3, 0.4) is 0 Å². The molecule has 2 unspecified atom stereocenters. The van der Waals surface area contributed by atoms with Crippen molar-refractivity contribution in [1.29, 1.82) is 0 Å². The van der Waals surface area contributed by atoms with Gasteiger partial charge < -0.3 is 15.4 Å². The van der Waals surface area contributed by atoms with Crippen molar-refractivity contribution in [2.45, 2.75) is 12.4 Å². The van der Waals surface area contributed by atoms with E-state index in [2.05, 4.69) is 89.5 Å². The molecule has 0 saturated carbocycles. The number of ether oxygens (including phenoxy) is 1. The molecule has 2 N–H and O–H groups in total. The van der Waals surface area contributed by atoms with Crippen LogP contribution in [0.2, 0.25) is 0 Å². The first-order chi connectivity index (χ1) is 20.3. The molecule has 2 heterocycles. The normalized spacial score (nSPS) is 17.7. The monoisotopic (exact) mass is 530 g/mol. The Hall–Kier alpha value is -5.42. The summed E-state index contributed by atoms with van der Waals surface area (Å²) in [5.41, 5.74) is 5.23. The lowest BCUT2D eigenvalue weighted by Crippen LogP contribution is -2.33. The quantitative estimate of drug-likeness (QED) is 0.227. The average molecular weight is 531 g/mol. The predicted octanol–water partition coefficient (Wildman–Crippen LogP) is 7.99. The number of hydrogen-bond acceptors (Lipinski definition) is 5. The molecule has 2 aliphatic heterocycles. The maximum absolute atomic E-state index is 6.32. The van der Waals surface area contributed by atoms with Crippen LogP contribution < -0.4 is 15.4 Å². The van der Waals surface area contributed by atoms with Crippen molar-refractivity contribution >= 4 is 38.9 Å². The van der Waals surface area contributed by atoms with Crippen LogP contribution in [0.1, 0.15) is 34.6 Å². The zero-order valence-electron chi connectivity index (χ0n) is 22.2. The minimum absolute atomic E-state index is 0.212. The maximum Gasteiger partial charge on any atom is 0.196 e. The molecular weight excluding hydrogens is 504 g/mol. The SMILES string of the molecule is c1ccc(C2=NC(c3ccc4c(ccc5ccc6c(c54)NC(c4ccccc4)O6)c3)=NC(c3ccccc3)N2)cc1. The summed E-state index contributed by atoms with van der Waals surface area (Å²) in [6.45, 7) is 0. The fourth-order valence-electron chi connectivity index (χ4n) is 5.71. The maximum atomic E-state index is 6.32. The lowest BCUT2D eigenvalue weighted by molar-refractivity contribution is 0.260. The van der Waals surface area contributed by atoms with Gasteiger partial charge in [-0.25, -0.2) is 9.98 Å². The fourth-order valence-corrected chi connectivity index (χ4v) is 5.71. The van der Waals surface area contributed by atoms with Crippen LogP contribution in [0.5, 0.6) is 5.75 Å². The second kappa shape index (κ2) is 9.65. The van der Waals surface area contributed by atoms with Crippen molar-refractivity contribution in [3.05, 3.63) is 156 Å². The van der Waals surface area contributed by atoms with Crippen LogP contribution in [0.25, 0.3) is 21.5 Å². The van der Waals surface area contributed by atoms with Crippen LogP contribution in [-0.2, 0) is 0 Å².